The highest BCUT2D eigenvalue weighted by Gasteiger charge is 2.24. The largest absolute Gasteiger partial charge is 0.463 e. The summed E-state index contributed by atoms with van der Waals surface area (Å²) < 4.78 is 31.3. The van der Waals surface area contributed by atoms with Gasteiger partial charge in [0.1, 0.15) is 11.6 Å². The van der Waals surface area contributed by atoms with Crippen molar-refractivity contribution in [3.8, 4) is 5.75 Å². The van der Waals surface area contributed by atoms with E-state index >= 15 is 0 Å². The van der Waals surface area contributed by atoms with Crippen LogP contribution < -0.4 is 10.1 Å². The van der Waals surface area contributed by atoms with E-state index < -0.39 is 18.7 Å². The van der Waals surface area contributed by atoms with Crippen LogP contribution >= 0.6 is 0 Å². The van der Waals surface area contributed by atoms with Crippen LogP contribution in [0.15, 0.2) is 72.8 Å². The number of Topliss-reactive ketones (excluding diaryl/α,β-unsaturated/α-hetero) is 1. The predicted octanol–water partition coefficient (Wildman–Crippen LogP) is 4.59. The Morgan fingerprint density at radius 3 is 2.42 bits per heavy atom. The Morgan fingerprint density at radius 1 is 1.00 bits per heavy atom. The van der Waals surface area contributed by atoms with Gasteiger partial charge in [-0.15, -0.1) is 0 Å². The first-order valence-electron chi connectivity index (χ1n) is 9.88. The summed E-state index contributed by atoms with van der Waals surface area (Å²) in [5.74, 6) is -1.16. The fraction of sp³-hybridized carbons (Fsp3) is 0.200. The van der Waals surface area contributed by atoms with Crippen molar-refractivity contribution < 1.29 is 23.1 Å². The Labute approximate surface area is 179 Å². The molecule has 3 rings (SSSR count). The van der Waals surface area contributed by atoms with Gasteiger partial charge in [0.25, 0.3) is 5.91 Å². The van der Waals surface area contributed by atoms with E-state index in [-0.39, 0.29) is 35.8 Å². The average Bonchev–Trinajstić information content (AvgIpc) is 2.76. The van der Waals surface area contributed by atoms with Crippen molar-refractivity contribution in [2.75, 3.05) is 6.86 Å². The smallest absolute Gasteiger partial charge is 0.252 e. The third kappa shape index (κ3) is 5.98. The van der Waals surface area contributed by atoms with Gasteiger partial charge in [-0.1, -0.05) is 48.5 Å². The van der Waals surface area contributed by atoms with E-state index in [4.69, 9.17) is 4.74 Å². The first kappa shape index (κ1) is 22.2. The summed E-state index contributed by atoms with van der Waals surface area (Å²) >= 11 is 0. The highest BCUT2D eigenvalue weighted by Crippen LogP contribution is 2.22. The summed E-state index contributed by atoms with van der Waals surface area (Å²) in [7, 11) is 0. The molecule has 1 atom stereocenters. The molecular weight excluding hydrogens is 400 g/mol. The normalized spacial score (nSPS) is 11.6. The lowest BCUT2D eigenvalue weighted by Crippen LogP contribution is -2.43. The van der Waals surface area contributed by atoms with Crippen LogP contribution in [-0.4, -0.2) is 24.6 Å². The number of halogens is 2. The summed E-state index contributed by atoms with van der Waals surface area (Å²) in [5.41, 5.74) is 2.35. The monoisotopic (exact) mass is 423 g/mol. The van der Waals surface area contributed by atoms with Gasteiger partial charge in [-0.3, -0.25) is 9.59 Å². The zero-order chi connectivity index (χ0) is 22.2. The van der Waals surface area contributed by atoms with Crippen LogP contribution in [0, 0.1) is 12.7 Å². The molecule has 31 heavy (non-hydrogen) atoms. The van der Waals surface area contributed by atoms with Gasteiger partial charge in [0.2, 0.25) is 6.86 Å². The minimum absolute atomic E-state index is 0.0981. The van der Waals surface area contributed by atoms with Crippen molar-refractivity contribution >= 4 is 11.7 Å². The van der Waals surface area contributed by atoms with E-state index in [2.05, 4.69) is 5.32 Å². The molecule has 3 aromatic carbocycles. The molecule has 3 aromatic rings. The molecule has 1 amide bonds. The molecule has 160 valence electrons. The molecule has 0 aromatic heterocycles. The minimum atomic E-state index is -1.09. The van der Waals surface area contributed by atoms with Crippen LogP contribution in [0.5, 0.6) is 5.75 Å². The van der Waals surface area contributed by atoms with Gasteiger partial charge in [0.05, 0.1) is 6.04 Å². The average molecular weight is 423 g/mol. The Kier molecular flexibility index (Phi) is 7.49. The molecule has 0 radical (unpaired) electrons. The van der Waals surface area contributed by atoms with Gasteiger partial charge >= 0.3 is 0 Å². The van der Waals surface area contributed by atoms with E-state index in [1.54, 1.807) is 12.1 Å². The third-order valence-electron chi connectivity index (χ3n) is 4.96. The number of hydrogen-bond acceptors (Lipinski definition) is 3. The minimum Gasteiger partial charge on any atom is -0.463 e. The predicted molar refractivity (Wildman–Crippen MR) is 114 cm³/mol. The molecule has 0 heterocycles. The lowest BCUT2D eigenvalue weighted by molar-refractivity contribution is -0.120. The number of amides is 1. The van der Waals surface area contributed by atoms with Crippen molar-refractivity contribution in [3.63, 3.8) is 0 Å². The first-order valence-corrected chi connectivity index (χ1v) is 9.88. The van der Waals surface area contributed by atoms with E-state index in [1.165, 1.54) is 6.07 Å². The second kappa shape index (κ2) is 10.5. The summed E-state index contributed by atoms with van der Waals surface area (Å²) in [4.78, 5) is 26.0. The third-order valence-corrected chi connectivity index (χ3v) is 4.96. The van der Waals surface area contributed by atoms with Crippen LogP contribution in [0.25, 0.3) is 0 Å². The van der Waals surface area contributed by atoms with Crippen molar-refractivity contribution in [1.82, 2.24) is 5.32 Å². The second-order valence-corrected chi connectivity index (χ2v) is 7.18. The molecule has 0 spiro atoms. The van der Waals surface area contributed by atoms with Gasteiger partial charge in [0, 0.05) is 17.5 Å². The summed E-state index contributed by atoms with van der Waals surface area (Å²) in [5, 5.41) is 2.81. The first-order chi connectivity index (χ1) is 15.0. The van der Waals surface area contributed by atoms with E-state index in [1.807, 2.05) is 49.4 Å². The van der Waals surface area contributed by atoms with Crippen LogP contribution in [-0.2, 0) is 17.6 Å². The standard InChI is InChI=1S/C25H23F2NO3/c1-17-7-5-6-10-21(17)25(30)28-22(13-18-8-3-2-4-9-18)23(29)15-19-14-20(27)11-12-24(19)31-16-26/h2-12,14,22H,13,15-16H2,1H3,(H,28,30). The second-order valence-electron chi connectivity index (χ2n) is 7.18. The number of hydrogen-bond donors (Lipinski definition) is 1. The van der Waals surface area contributed by atoms with E-state index in [0.717, 1.165) is 23.3 Å². The molecule has 4 nitrogen and oxygen atoms in total. The molecule has 1 N–H and O–H groups in total. The highest BCUT2D eigenvalue weighted by atomic mass is 19.1. The Balaban J connectivity index is 1.85. The maximum atomic E-state index is 13.7. The Hall–Kier alpha value is -3.54. The number of rotatable bonds is 9. The van der Waals surface area contributed by atoms with E-state index in [9.17, 15) is 18.4 Å². The van der Waals surface area contributed by atoms with Crippen LogP contribution in [0.1, 0.15) is 27.0 Å². The van der Waals surface area contributed by atoms with Gasteiger partial charge in [-0.05, 0) is 48.7 Å². The number of aryl methyl sites for hydroxylation is 1. The molecule has 0 fully saturated rings. The maximum Gasteiger partial charge on any atom is 0.252 e. The lowest BCUT2D eigenvalue weighted by atomic mass is 9.96. The number of ether oxygens (including phenoxy) is 1. The zero-order valence-corrected chi connectivity index (χ0v) is 17.1. The van der Waals surface area contributed by atoms with Gasteiger partial charge in [-0.2, -0.15) is 0 Å². The van der Waals surface area contributed by atoms with E-state index in [0.29, 0.717) is 5.56 Å². The molecular formula is C25H23F2NO3. The topological polar surface area (TPSA) is 55.4 Å². The maximum absolute atomic E-state index is 13.7. The lowest BCUT2D eigenvalue weighted by Gasteiger charge is -2.19. The van der Waals surface area contributed by atoms with Gasteiger partial charge in [-0.25, -0.2) is 8.78 Å². The number of carbonyl (C=O) groups is 2. The molecule has 0 aliphatic rings. The molecule has 1 unspecified atom stereocenters. The molecule has 0 bridgehead atoms. The summed E-state index contributed by atoms with van der Waals surface area (Å²) in [6, 6.07) is 19.1. The number of alkyl halides is 1. The number of ketones is 1. The number of nitrogens with one attached hydrogen (secondary N) is 1. The summed E-state index contributed by atoms with van der Waals surface area (Å²) in [6.45, 7) is 0.723. The highest BCUT2D eigenvalue weighted by molar-refractivity contribution is 5.99. The van der Waals surface area contributed by atoms with Gasteiger partial charge < -0.3 is 10.1 Å². The van der Waals surface area contributed by atoms with Crippen LogP contribution in [0.2, 0.25) is 0 Å². The Morgan fingerprint density at radius 2 is 1.71 bits per heavy atom. The zero-order valence-electron chi connectivity index (χ0n) is 17.1. The quantitative estimate of drug-likeness (QED) is 0.548. The van der Waals surface area contributed by atoms with Crippen molar-refractivity contribution in [2.45, 2.75) is 25.8 Å². The number of benzene rings is 3. The fourth-order valence-corrected chi connectivity index (χ4v) is 3.36. The van der Waals surface area contributed by atoms with Crippen LogP contribution in [0.4, 0.5) is 8.78 Å². The molecule has 0 aliphatic carbocycles. The van der Waals surface area contributed by atoms with Crippen LogP contribution in [0.3, 0.4) is 0 Å². The van der Waals surface area contributed by atoms with Crippen molar-refractivity contribution in [2.24, 2.45) is 0 Å². The SMILES string of the molecule is Cc1ccccc1C(=O)NC(Cc1ccccc1)C(=O)Cc1cc(F)ccc1OCF. The molecule has 6 heteroatoms. The number of carbonyl (C=O) groups excluding carboxylic acids is 2. The van der Waals surface area contributed by atoms with Crippen molar-refractivity contribution in [3.05, 3.63) is 101 Å². The van der Waals surface area contributed by atoms with Gasteiger partial charge in [0.15, 0.2) is 5.78 Å². The molecule has 0 saturated heterocycles. The summed E-state index contributed by atoms with van der Waals surface area (Å²) in [6.07, 6.45) is 0.0601. The Bertz CT molecular complexity index is 1050. The molecule has 0 saturated carbocycles. The van der Waals surface area contributed by atoms with Crippen molar-refractivity contribution in [1.29, 1.82) is 0 Å². The fourth-order valence-electron chi connectivity index (χ4n) is 3.36. The molecule has 0 aliphatic heterocycles.